The first-order valence-electron chi connectivity index (χ1n) is 10.3. The fraction of sp³-hybridized carbons (Fsp3) is 0.231. The second-order valence-electron chi connectivity index (χ2n) is 7.96. The van der Waals surface area contributed by atoms with Crippen molar-refractivity contribution in [3.05, 3.63) is 71.6 Å². The van der Waals surface area contributed by atoms with Gasteiger partial charge in [-0.15, -0.1) is 11.3 Å². The number of fused-ring (bicyclic) bond motifs is 6. The molecule has 1 aliphatic rings. The van der Waals surface area contributed by atoms with E-state index in [4.69, 9.17) is 4.74 Å². The molecule has 4 aromatic rings. The lowest BCUT2D eigenvalue weighted by atomic mass is 10.0. The highest BCUT2D eigenvalue weighted by molar-refractivity contribution is 7.99. The fourth-order valence-corrected chi connectivity index (χ4v) is 6.28. The second-order valence-corrected chi connectivity index (χ2v) is 10.2. The van der Waals surface area contributed by atoms with Crippen LogP contribution in [0, 0.1) is 0 Å². The topological polar surface area (TPSA) is 12.5 Å². The van der Waals surface area contributed by atoms with Gasteiger partial charge in [0.05, 0.1) is 6.61 Å². The van der Waals surface area contributed by atoms with Gasteiger partial charge in [0.15, 0.2) is 0 Å². The molecule has 0 saturated heterocycles. The molecule has 0 radical (unpaired) electrons. The predicted molar refractivity (Wildman–Crippen MR) is 130 cm³/mol. The molecule has 30 heavy (non-hydrogen) atoms. The van der Waals surface area contributed by atoms with Crippen LogP contribution in [0.4, 0.5) is 0 Å². The van der Waals surface area contributed by atoms with E-state index in [0.717, 1.165) is 19.6 Å². The minimum absolute atomic E-state index is 0.684. The number of rotatable bonds is 6. The van der Waals surface area contributed by atoms with Gasteiger partial charge in [-0.25, -0.2) is 0 Å². The van der Waals surface area contributed by atoms with Crippen molar-refractivity contribution in [3.63, 3.8) is 0 Å². The summed E-state index contributed by atoms with van der Waals surface area (Å²) in [6.07, 6.45) is 1.06. The molecule has 0 aliphatic carbocycles. The Labute approximate surface area is 186 Å². The molecule has 2 heterocycles. The molecule has 0 spiro atoms. The quantitative estimate of drug-likeness (QED) is 0.264. The number of nitrogens with zero attached hydrogens (tertiary/aromatic N) is 1. The predicted octanol–water partition coefficient (Wildman–Crippen LogP) is 7.17. The van der Waals surface area contributed by atoms with E-state index in [9.17, 15) is 0 Å². The summed E-state index contributed by atoms with van der Waals surface area (Å²) in [7, 11) is 4.21. The molecule has 1 aliphatic heterocycles. The first-order chi connectivity index (χ1) is 14.7. The molecule has 0 bridgehead atoms. The normalized spacial score (nSPS) is 12.5. The lowest BCUT2D eigenvalue weighted by molar-refractivity contribution is 0.115. The molecular formula is C26H25NOS2. The average molecular weight is 432 g/mol. The van der Waals surface area contributed by atoms with E-state index in [1.165, 1.54) is 47.0 Å². The van der Waals surface area contributed by atoms with Gasteiger partial charge in [0.25, 0.3) is 0 Å². The minimum Gasteiger partial charge on any atom is -0.376 e. The third-order valence-electron chi connectivity index (χ3n) is 5.41. The van der Waals surface area contributed by atoms with Crippen LogP contribution in [0.5, 0.6) is 0 Å². The summed E-state index contributed by atoms with van der Waals surface area (Å²) < 4.78 is 6.00. The summed E-state index contributed by atoms with van der Waals surface area (Å²) in [6, 6.07) is 24.5. The molecule has 4 heteroatoms. The SMILES string of the molecule is CN(C)CCCOCc1cc2c(s1)-c1cc3ccccc3cc1Sc1ccccc1-2. The van der Waals surface area contributed by atoms with Crippen molar-refractivity contribution < 1.29 is 4.74 Å². The van der Waals surface area contributed by atoms with E-state index in [1.54, 1.807) is 0 Å². The third-order valence-corrected chi connectivity index (χ3v) is 7.69. The molecule has 2 nitrogen and oxygen atoms in total. The third kappa shape index (κ3) is 3.93. The number of ether oxygens (including phenoxy) is 1. The van der Waals surface area contributed by atoms with E-state index in [2.05, 4.69) is 85.7 Å². The molecule has 0 amide bonds. The summed E-state index contributed by atoms with van der Waals surface area (Å²) in [5.41, 5.74) is 4.01. The molecule has 152 valence electrons. The highest BCUT2D eigenvalue weighted by Crippen LogP contribution is 2.51. The molecule has 3 aromatic carbocycles. The molecule has 0 saturated carbocycles. The standard InChI is InChI=1S/C26H25NOS2/c1-27(2)12-7-13-28-17-20-16-22-21-10-5-6-11-24(21)30-25-15-19-9-4-3-8-18(19)14-23(25)26(22)29-20/h3-6,8-11,14-16H,7,12-13,17H2,1-2H3. The minimum atomic E-state index is 0.684. The van der Waals surface area contributed by atoms with Gasteiger partial charge in [0, 0.05) is 37.3 Å². The summed E-state index contributed by atoms with van der Waals surface area (Å²) in [5.74, 6) is 0. The molecular weight excluding hydrogens is 406 g/mol. The molecule has 1 aromatic heterocycles. The van der Waals surface area contributed by atoms with Gasteiger partial charge in [-0.2, -0.15) is 0 Å². The average Bonchev–Trinajstić information content (AvgIpc) is 3.12. The Hall–Kier alpha value is -2.11. The fourth-order valence-electron chi connectivity index (χ4n) is 3.95. The van der Waals surface area contributed by atoms with Crippen LogP contribution in [0.2, 0.25) is 0 Å². The molecule has 0 N–H and O–H groups in total. The number of benzene rings is 3. The summed E-state index contributed by atoms with van der Waals surface area (Å²) in [5, 5.41) is 2.59. The van der Waals surface area contributed by atoms with Crippen LogP contribution in [0.25, 0.3) is 32.3 Å². The number of hydrogen-bond acceptors (Lipinski definition) is 4. The number of thiophene rings is 1. The van der Waals surface area contributed by atoms with E-state index >= 15 is 0 Å². The maximum atomic E-state index is 6.00. The van der Waals surface area contributed by atoms with Gasteiger partial charge in [-0.1, -0.05) is 54.2 Å². The van der Waals surface area contributed by atoms with Crippen molar-refractivity contribution in [1.29, 1.82) is 0 Å². The van der Waals surface area contributed by atoms with Crippen molar-refractivity contribution >= 4 is 33.9 Å². The van der Waals surface area contributed by atoms with Gasteiger partial charge in [0.2, 0.25) is 0 Å². The Morgan fingerprint density at radius 1 is 0.800 bits per heavy atom. The largest absolute Gasteiger partial charge is 0.376 e. The van der Waals surface area contributed by atoms with Gasteiger partial charge in [-0.05, 0) is 67.7 Å². The van der Waals surface area contributed by atoms with Gasteiger partial charge in [-0.3, -0.25) is 0 Å². The molecule has 0 atom stereocenters. The Kier molecular flexibility index (Phi) is 5.66. The van der Waals surface area contributed by atoms with Crippen LogP contribution in [0.15, 0.2) is 76.5 Å². The Morgan fingerprint density at radius 2 is 1.57 bits per heavy atom. The lowest BCUT2D eigenvalue weighted by Gasteiger charge is -2.09. The van der Waals surface area contributed by atoms with Crippen LogP contribution < -0.4 is 0 Å². The zero-order valence-electron chi connectivity index (χ0n) is 17.4. The van der Waals surface area contributed by atoms with Crippen molar-refractivity contribution in [3.8, 4) is 21.6 Å². The van der Waals surface area contributed by atoms with Gasteiger partial charge in [0.1, 0.15) is 0 Å². The van der Waals surface area contributed by atoms with Crippen molar-refractivity contribution in [1.82, 2.24) is 4.90 Å². The highest BCUT2D eigenvalue weighted by Gasteiger charge is 2.23. The monoisotopic (exact) mass is 431 g/mol. The number of hydrogen-bond donors (Lipinski definition) is 0. The van der Waals surface area contributed by atoms with E-state index in [-0.39, 0.29) is 0 Å². The highest BCUT2D eigenvalue weighted by atomic mass is 32.2. The van der Waals surface area contributed by atoms with Crippen LogP contribution in [0.1, 0.15) is 11.3 Å². The van der Waals surface area contributed by atoms with E-state index < -0.39 is 0 Å². The zero-order chi connectivity index (χ0) is 20.5. The summed E-state index contributed by atoms with van der Waals surface area (Å²) in [6.45, 7) is 2.55. The van der Waals surface area contributed by atoms with Gasteiger partial charge < -0.3 is 9.64 Å². The molecule has 0 unspecified atom stereocenters. The second kappa shape index (κ2) is 8.56. The molecule has 5 rings (SSSR count). The summed E-state index contributed by atoms with van der Waals surface area (Å²) in [4.78, 5) is 7.52. The smallest absolute Gasteiger partial charge is 0.0809 e. The maximum absolute atomic E-state index is 6.00. The Bertz CT molecular complexity index is 1190. The van der Waals surface area contributed by atoms with Crippen molar-refractivity contribution in [2.45, 2.75) is 22.8 Å². The molecule has 0 fully saturated rings. The first kappa shape index (κ1) is 19.8. The maximum Gasteiger partial charge on any atom is 0.0809 e. The van der Waals surface area contributed by atoms with Crippen LogP contribution in [-0.4, -0.2) is 32.1 Å². The Balaban J connectivity index is 1.54. The lowest BCUT2D eigenvalue weighted by Crippen LogP contribution is -2.14. The van der Waals surface area contributed by atoms with Crippen LogP contribution in [0.3, 0.4) is 0 Å². The van der Waals surface area contributed by atoms with Crippen molar-refractivity contribution in [2.75, 3.05) is 27.2 Å². The summed E-state index contributed by atoms with van der Waals surface area (Å²) >= 11 is 3.76. The van der Waals surface area contributed by atoms with Crippen molar-refractivity contribution in [2.24, 2.45) is 0 Å². The zero-order valence-corrected chi connectivity index (χ0v) is 19.0. The van der Waals surface area contributed by atoms with Crippen LogP contribution in [-0.2, 0) is 11.3 Å². The first-order valence-corrected chi connectivity index (χ1v) is 12.0. The van der Waals surface area contributed by atoms with Crippen LogP contribution >= 0.6 is 23.1 Å². The van der Waals surface area contributed by atoms with E-state index in [0.29, 0.717) is 6.61 Å². The van der Waals surface area contributed by atoms with E-state index in [1.807, 2.05) is 23.1 Å². The van der Waals surface area contributed by atoms with Gasteiger partial charge >= 0.3 is 0 Å². The Morgan fingerprint density at radius 3 is 2.40 bits per heavy atom.